The van der Waals surface area contributed by atoms with E-state index in [0.29, 0.717) is 28.5 Å². The van der Waals surface area contributed by atoms with E-state index >= 15 is 0 Å². The van der Waals surface area contributed by atoms with E-state index in [1.165, 1.54) is 0 Å². The third-order valence-electron chi connectivity index (χ3n) is 5.29. The van der Waals surface area contributed by atoms with Crippen molar-refractivity contribution in [1.82, 2.24) is 0 Å². The first kappa shape index (κ1) is 21.9. The van der Waals surface area contributed by atoms with E-state index in [9.17, 15) is 14.4 Å². The summed E-state index contributed by atoms with van der Waals surface area (Å²) in [5.74, 6) is -0.306. The van der Waals surface area contributed by atoms with Crippen molar-refractivity contribution in [3.05, 3.63) is 78.9 Å². The molecule has 8 nitrogen and oxygen atoms in total. The van der Waals surface area contributed by atoms with Gasteiger partial charge in [0.2, 0.25) is 11.8 Å². The first-order valence-corrected chi connectivity index (χ1v) is 10.5. The van der Waals surface area contributed by atoms with E-state index in [1.54, 1.807) is 60.5 Å². The first-order valence-electron chi connectivity index (χ1n) is 10.5. The van der Waals surface area contributed by atoms with Crippen molar-refractivity contribution in [2.24, 2.45) is 5.92 Å². The summed E-state index contributed by atoms with van der Waals surface area (Å²) in [7, 11) is 1.55. The van der Waals surface area contributed by atoms with E-state index in [2.05, 4.69) is 16.0 Å². The van der Waals surface area contributed by atoms with Crippen molar-refractivity contribution >= 4 is 40.6 Å². The number of nitrogens with zero attached hydrogens (tertiary/aromatic N) is 1. The molecule has 0 radical (unpaired) electrons. The van der Waals surface area contributed by atoms with Crippen LogP contribution in [-0.4, -0.2) is 31.5 Å². The molecule has 0 spiro atoms. The Morgan fingerprint density at radius 1 is 0.848 bits per heavy atom. The molecule has 0 aromatic heterocycles. The maximum atomic E-state index is 12.8. The van der Waals surface area contributed by atoms with E-state index in [0.717, 1.165) is 0 Å². The molecular formula is C25H24N4O4. The Morgan fingerprint density at radius 3 is 2.24 bits per heavy atom. The van der Waals surface area contributed by atoms with Gasteiger partial charge >= 0.3 is 6.03 Å². The van der Waals surface area contributed by atoms with Gasteiger partial charge in [0.1, 0.15) is 5.75 Å². The zero-order valence-electron chi connectivity index (χ0n) is 18.1. The maximum absolute atomic E-state index is 12.8. The van der Waals surface area contributed by atoms with Crippen LogP contribution in [0.3, 0.4) is 0 Å². The summed E-state index contributed by atoms with van der Waals surface area (Å²) in [6.07, 6.45) is 0.112. The van der Waals surface area contributed by atoms with Gasteiger partial charge in [-0.25, -0.2) is 4.79 Å². The number of rotatable bonds is 6. The van der Waals surface area contributed by atoms with Crippen LogP contribution in [0.1, 0.15) is 6.42 Å². The number of benzene rings is 3. The number of amides is 4. The monoisotopic (exact) mass is 444 g/mol. The molecule has 4 amide bonds. The highest BCUT2D eigenvalue weighted by Crippen LogP contribution is 2.33. The molecule has 1 atom stereocenters. The summed E-state index contributed by atoms with van der Waals surface area (Å²) < 4.78 is 5.35. The molecular weight excluding hydrogens is 420 g/mol. The Bertz CT molecular complexity index is 1170. The second kappa shape index (κ2) is 9.86. The number of nitrogens with one attached hydrogen (secondary N) is 3. The molecule has 0 aliphatic carbocycles. The second-order valence-corrected chi connectivity index (χ2v) is 7.59. The molecule has 1 saturated heterocycles. The predicted molar refractivity (Wildman–Crippen MR) is 128 cm³/mol. The lowest BCUT2D eigenvalue weighted by Gasteiger charge is -2.19. The van der Waals surface area contributed by atoms with Gasteiger partial charge in [0.25, 0.3) is 0 Å². The van der Waals surface area contributed by atoms with Crippen LogP contribution in [0.4, 0.5) is 27.5 Å². The van der Waals surface area contributed by atoms with E-state index in [4.69, 9.17) is 4.74 Å². The zero-order valence-corrected chi connectivity index (χ0v) is 18.1. The van der Waals surface area contributed by atoms with Crippen molar-refractivity contribution < 1.29 is 19.1 Å². The SMILES string of the molecule is COc1ccccc1N1CC(C(=O)Nc2cccc(NC(=O)Nc3ccccc3)c2)CC1=O. The highest BCUT2D eigenvalue weighted by molar-refractivity contribution is 6.04. The van der Waals surface area contributed by atoms with Gasteiger partial charge in [-0.2, -0.15) is 0 Å². The Labute approximate surface area is 191 Å². The van der Waals surface area contributed by atoms with Crippen molar-refractivity contribution in [3.63, 3.8) is 0 Å². The smallest absolute Gasteiger partial charge is 0.323 e. The van der Waals surface area contributed by atoms with Crippen LogP contribution < -0.4 is 25.6 Å². The Balaban J connectivity index is 1.38. The minimum Gasteiger partial charge on any atom is -0.495 e. The van der Waals surface area contributed by atoms with E-state index in [-0.39, 0.29) is 24.8 Å². The number of methoxy groups -OCH3 is 1. The fraction of sp³-hybridized carbons (Fsp3) is 0.160. The van der Waals surface area contributed by atoms with Gasteiger partial charge in [-0.15, -0.1) is 0 Å². The van der Waals surface area contributed by atoms with Crippen LogP contribution in [0.5, 0.6) is 5.75 Å². The van der Waals surface area contributed by atoms with Gasteiger partial charge in [0, 0.05) is 30.0 Å². The number of anilines is 4. The molecule has 1 aliphatic rings. The molecule has 8 heteroatoms. The summed E-state index contributed by atoms with van der Waals surface area (Å²) in [6, 6.07) is 22.8. The number of hydrogen-bond donors (Lipinski definition) is 3. The molecule has 3 aromatic rings. The normalized spacial score (nSPS) is 15.1. The Hall–Kier alpha value is -4.33. The lowest BCUT2D eigenvalue weighted by molar-refractivity contribution is -0.122. The molecule has 0 saturated carbocycles. The number of ether oxygens (including phenoxy) is 1. The molecule has 3 aromatic carbocycles. The summed E-state index contributed by atoms with van der Waals surface area (Å²) in [6.45, 7) is 0.266. The summed E-state index contributed by atoms with van der Waals surface area (Å²) >= 11 is 0. The summed E-state index contributed by atoms with van der Waals surface area (Å²) in [4.78, 5) is 39.2. The standard InChI is InChI=1S/C25H24N4O4/c1-33-22-13-6-5-12-21(22)29-16-17(14-23(29)30)24(31)26-19-10-7-11-20(15-19)28-25(32)27-18-8-3-2-4-9-18/h2-13,15,17H,14,16H2,1H3,(H,26,31)(H2,27,28,32). The molecule has 1 aliphatic heterocycles. The highest BCUT2D eigenvalue weighted by atomic mass is 16.5. The highest BCUT2D eigenvalue weighted by Gasteiger charge is 2.36. The van der Waals surface area contributed by atoms with Crippen LogP contribution in [0.2, 0.25) is 0 Å². The van der Waals surface area contributed by atoms with Gasteiger partial charge in [-0.1, -0.05) is 36.4 Å². The topological polar surface area (TPSA) is 99.8 Å². The van der Waals surface area contributed by atoms with Gasteiger partial charge in [-0.05, 0) is 42.5 Å². The largest absolute Gasteiger partial charge is 0.495 e. The van der Waals surface area contributed by atoms with Gasteiger partial charge < -0.3 is 25.6 Å². The zero-order chi connectivity index (χ0) is 23.2. The molecule has 3 N–H and O–H groups in total. The van der Waals surface area contributed by atoms with Gasteiger partial charge in [0.05, 0.1) is 18.7 Å². The molecule has 33 heavy (non-hydrogen) atoms. The molecule has 1 unspecified atom stereocenters. The average molecular weight is 444 g/mol. The number of carbonyl (C=O) groups excluding carboxylic acids is 3. The summed E-state index contributed by atoms with van der Waals surface area (Å²) in [5.41, 5.74) is 2.38. The number of hydrogen-bond acceptors (Lipinski definition) is 4. The number of carbonyl (C=O) groups is 3. The predicted octanol–water partition coefficient (Wildman–Crippen LogP) is 4.33. The van der Waals surface area contributed by atoms with Crippen LogP contribution in [0, 0.1) is 5.92 Å². The molecule has 4 rings (SSSR count). The van der Waals surface area contributed by atoms with Crippen LogP contribution >= 0.6 is 0 Å². The minimum atomic E-state index is -0.500. The summed E-state index contributed by atoms with van der Waals surface area (Å²) in [5, 5.41) is 8.33. The third-order valence-corrected chi connectivity index (χ3v) is 5.29. The average Bonchev–Trinajstić information content (AvgIpc) is 3.21. The fourth-order valence-electron chi connectivity index (χ4n) is 3.70. The molecule has 1 fully saturated rings. The van der Waals surface area contributed by atoms with Crippen LogP contribution in [0.25, 0.3) is 0 Å². The van der Waals surface area contributed by atoms with Crippen LogP contribution in [-0.2, 0) is 9.59 Å². The molecule has 168 valence electrons. The van der Waals surface area contributed by atoms with E-state index in [1.807, 2.05) is 30.3 Å². The van der Waals surface area contributed by atoms with Crippen molar-refractivity contribution in [3.8, 4) is 5.75 Å². The van der Waals surface area contributed by atoms with E-state index < -0.39 is 11.9 Å². The quantitative estimate of drug-likeness (QED) is 0.527. The molecule has 1 heterocycles. The lowest BCUT2D eigenvalue weighted by atomic mass is 10.1. The lowest BCUT2D eigenvalue weighted by Crippen LogP contribution is -2.28. The maximum Gasteiger partial charge on any atom is 0.323 e. The minimum absolute atomic E-state index is 0.112. The van der Waals surface area contributed by atoms with Gasteiger partial charge in [-0.3, -0.25) is 9.59 Å². The van der Waals surface area contributed by atoms with Crippen molar-refractivity contribution in [1.29, 1.82) is 0 Å². The van der Waals surface area contributed by atoms with Crippen molar-refractivity contribution in [2.45, 2.75) is 6.42 Å². The fourth-order valence-corrected chi connectivity index (χ4v) is 3.70. The Morgan fingerprint density at radius 2 is 1.48 bits per heavy atom. The number of para-hydroxylation sites is 3. The first-order chi connectivity index (χ1) is 16.0. The number of urea groups is 1. The van der Waals surface area contributed by atoms with Gasteiger partial charge in [0.15, 0.2) is 0 Å². The van der Waals surface area contributed by atoms with Crippen LogP contribution in [0.15, 0.2) is 78.9 Å². The van der Waals surface area contributed by atoms with Crippen molar-refractivity contribution in [2.75, 3.05) is 34.5 Å². The Kier molecular flexibility index (Phi) is 6.54. The third kappa shape index (κ3) is 5.30. The second-order valence-electron chi connectivity index (χ2n) is 7.59. The molecule has 0 bridgehead atoms.